The van der Waals surface area contributed by atoms with Crippen molar-refractivity contribution in [2.24, 2.45) is 0 Å². The third-order valence-electron chi connectivity index (χ3n) is 1.62. The molecule has 0 aromatic heterocycles. The van der Waals surface area contributed by atoms with E-state index in [0.29, 0.717) is 13.2 Å². The molecule has 15 heavy (non-hydrogen) atoms. The Labute approximate surface area is 91.5 Å². The molecule has 0 spiro atoms. The summed E-state index contributed by atoms with van der Waals surface area (Å²) in [6.45, 7) is 8.66. The first kappa shape index (κ1) is 13.7. The monoisotopic (exact) mass is 209 g/mol. The molecule has 0 saturated carbocycles. The lowest BCUT2D eigenvalue weighted by molar-refractivity contribution is -0.141. The maximum atomic E-state index is 11.0. The molecular weight excluding hydrogens is 190 g/mol. The summed E-state index contributed by atoms with van der Waals surface area (Å²) in [7, 11) is 0. The van der Waals surface area contributed by atoms with Gasteiger partial charge in [0.05, 0.1) is 13.2 Å². The molecule has 0 aliphatic heterocycles. The highest BCUT2D eigenvalue weighted by Gasteiger charge is 1.99. The quantitative estimate of drug-likeness (QED) is 0.513. The highest BCUT2D eigenvalue weighted by Crippen LogP contribution is 1.95. The standard InChI is InChI=1S/C12H19NO2/c1-4-7-11(8-5-2)9-13-10-12(14)15-6-3/h4-5,7-8,13H,1,6,9-10H2,2-3H3/b8-5-,11-7+. The Morgan fingerprint density at radius 1 is 1.47 bits per heavy atom. The van der Waals surface area contributed by atoms with Crippen LogP contribution < -0.4 is 5.32 Å². The summed E-state index contributed by atoms with van der Waals surface area (Å²) >= 11 is 0. The van der Waals surface area contributed by atoms with Gasteiger partial charge >= 0.3 is 5.97 Å². The predicted molar refractivity (Wildman–Crippen MR) is 62.6 cm³/mol. The number of nitrogens with one attached hydrogen (secondary N) is 1. The van der Waals surface area contributed by atoms with E-state index >= 15 is 0 Å². The van der Waals surface area contributed by atoms with Gasteiger partial charge in [-0.05, 0) is 19.4 Å². The molecule has 0 aromatic rings. The number of ether oxygens (including phenoxy) is 1. The summed E-state index contributed by atoms with van der Waals surface area (Å²) in [6.07, 6.45) is 7.54. The van der Waals surface area contributed by atoms with E-state index in [9.17, 15) is 4.79 Å². The van der Waals surface area contributed by atoms with Gasteiger partial charge in [0, 0.05) is 6.54 Å². The van der Waals surface area contributed by atoms with Crippen LogP contribution in [0.1, 0.15) is 13.8 Å². The Morgan fingerprint density at radius 2 is 2.20 bits per heavy atom. The molecular formula is C12H19NO2. The fourth-order valence-electron chi connectivity index (χ4n) is 1.06. The number of rotatable bonds is 7. The van der Waals surface area contributed by atoms with E-state index < -0.39 is 0 Å². The minimum atomic E-state index is -0.226. The average Bonchev–Trinajstić information content (AvgIpc) is 2.19. The van der Waals surface area contributed by atoms with Crippen molar-refractivity contribution in [1.29, 1.82) is 0 Å². The Kier molecular flexibility index (Phi) is 8.39. The maximum Gasteiger partial charge on any atom is 0.319 e. The normalized spacial score (nSPS) is 11.7. The second-order valence-corrected chi connectivity index (χ2v) is 2.89. The molecule has 0 heterocycles. The lowest BCUT2D eigenvalue weighted by atomic mass is 10.2. The third-order valence-corrected chi connectivity index (χ3v) is 1.62. The summed E-state index contributed by atoms with van der Waals surface area (Å²) in [5.74, 6) is -0.226. The first-order valence-corrected chi connectivity index (χ1v) is 5.05. The molecule has 0 fully saturated rings. The molecule has 0 rings (SSSR count). The first-order chi connectivity index (χ1) is 7.24. The van der Waals surface area contributed by atoms with Crippen LogP contribution in [0.5, 0.6) is 0 Å². The van der Waals surface area contributed by atoms with Crippen molar-refractivity contribution in [2.45, 2.75) is 13.8 Å². The van der Waals surface area contributed by atoms with Gasteiger partial charge in [0.15, 0.2) is 0 Å². The second-order valence-electron chi connectivity index (χ2n) is 2.89. The summed E-state index contributed by atoms with van der Waals surface area (Å²) < 4.78 is 4.78. The Balaban J connectivity index is 3.86. The Bertz CT molecular complexity index is 254. The van der Waals surface area contributed by atoms with E-state index in [-0.39, 0.29) is 12.5 Å². The van der Waals surface area contributed by atoms with Gasteiger partial charge in [-0.25, -0.2) is 0 Å². The summed E-state index contributed by atoms with van der Waals surface area (Å²) in [5.41, 5.74) is 1.08. The van der Waals surface area contributed by atoms with E-state index in [4.69, 9.17) is 4.74 Å². The van der Waals surface area contributed by atoms with Gasteiger partial charge in [-0.15, -0.1) is 0 Å². The molecule has 0 bridgehead atoms. The van der Waals surface area contributed by atoms with E-state index in [1.807, 2.05) is 25.2 Å². The fourth-order valence-corrected chi connectivity index (χ4v) is 1.06. The van der Waals surface area contributed by atoms with Crippen LogP contribution in [0, 0.1) is 0 Å². The number of carbonyl (C=O) groups excluding carboxylic acids is 1. The highest BCUT2D eigenvalue weighted by molar-refractivity contribution is 5.71. The summed E-state index contributed by atoms with van der Waals surface area (Å²) in [4.78, 5) is 11.0. The van der Waals surface area contributed by atoms with Gasteiger partial charge in [-0.1, -0.05) is 30.9 Å². The Hall–Kier alpha value is -1.35. The van der Waals surface area contributed by atoms with E-state index in [0.717, 1.165) is 5.57 Å². The molecule has 3 heteroatoms. The Morgan fingerprint density at radius 3 is 2.73 bits per heavy atom. The van der Waals surface area contributed by atoms with Crippen LogP contribution in [-0.4, -0.2) is 25.7 Å². The number of hydrogen-bond donors (Lipinski definition) is 1. The number of carbonyl (C=O) groups is 1. The molecule has 0 aliphatic rings. The fraction of sp³-hybridized carbons (Fsp3) is 0.417. The molecule has 0 atom stereocenters. The van der Waals surface area contributed by atoms with Crippen LogP contribution in [-0.2, 0) is 9.53 Å². The summed E-state index contributed by atoms with van der Waals surface area (Å²) in [5, 5.41) is 3.00. The number of esters is 1. The first-order valence-electron chi connectivity index (χ1n) is 5.05. The number of allylic oxidation sites excluding steroid dienone is 3. The van der Waals surface area contributed by atoms with Crippen LogP contribution in [0.15, 0.2) is 36.5 Å². The van der Waals surface area contributed by atoms with Crippen LogP contribution >= 0.6 is 0 Å². The third kappa shape index (κ3) is 7.70. The van der Waals surface area contributed by atoms with Gasteiger partial charge in [0.2, 0.25) is 0 Å². The minimum Gasteiger partial charge on any atom is -0.465 e. The SMILES string of the molecule is C=C/C=C(\C=C/C)CNCC(=O)OCC. The predicted octanol–water partition coefficient (Wildman–Crippen LogP) is 1.83. The van der Waals surface area contributed by atoms with Crippen molar-refractivity contribution in [3.63, 3.8) is 0 Å². The topological polar surface area (TPSA) is 38.3 Å². The van der Waals surface area contributed by atoms with Gasteiger partial charge in [-0.3, -0.25) is 4.79 Å². The van der Waals surface area contributed by atoms with Gasteiger partial charge in [-0.2, -0.15) is 0 Å². The molecule has 0 unspecified atom stereocenters. The molecule has 0 aliphatic carbocycles. The second kappa shape index (κ2) is 9.21. The number of hydrogen-bond acceptors (Lipinski definition) is 3. The lowest BCUT2D eigenvalue weighted by Gasteiger charge is -2.04. The van der Waals surface area contributed by atoms with Crippen molar-refractivity contribution in [2.75, 3.05) is 19.7 Å². The maximum absolute atomic E-state index is 11.0. The molecule has 0 amide bonds. The van der Waals surface area contributed by atoms with E-state index in [1.165, 1.54) is 0 Å². The molecule has 0 aromatic carbocycles. The van der Waals surface area contributed by atoms with Crippen molar-refractivity contribution in [3.8, 4) is 0 Å². The molecule has 1 N–H and O–H groups in total. The minimum absolute atomic E-state index is 0.226. The van der Waals surface area contributed by atoms with E-state index in [2.05, 4.69) is 11.9 Å². The van der Waals surface area contributed by atoms with Crippen molar-refractivity contribution >= 4 is 5.97 Å². The van der Waals surface area contributed by atoms with Crippen LogP contribution in [0.2, 0.25) is 0 Å². The smallest absolute Gasteiger partial charge is 0.319 e. The largest absolute Gasteiger partial charge is 0.465 e. The van der Waals surface area contributed by atoms with Crippen LogP contribution in [0.25, 0.3) is 0 Å². The van der Waals surface area contributed by atoms with Gasteiger partial charge < -0.3 is 10.1 Å². The van der Waals surface area contributed by atoms with Gasteiger partial charge in [0.1, 0.15) is 0 Å². The van der Waals surface area contributed by atoms with Crippen molar-refractivity contribution in [3.05, 3.63) is 36.5 Å². The van der Waals surface area contributed by atoms with Crippen molar-refractivity contribution < 1.29 is 9.53 Å². The zero-order valence-corrected chi connectivity index (χ0v) is 9.45. The van der Waals surface area contributed by atoms with E-state index in [1.54, 1.807) is 13.0 Å². The lowest BCUT2D eigenvalue weighted by Crippen LogP contribution is -2.26. The molecule has 0 radical (unpaired) electrons. The zero-order valence-electron chi connectivity index (χ0n) is 9.45. The van der Waals surface area contributed by atoms with Crippen LogP contribution in [0.3, 0.4) is 0 Å². The van der Waals surface area contributed by atoms with Crippen LogP contribution in [0.4, 0.5) is 0 Å². The molecule has 0 saturated heterocycles. The highest BCUT2D eigenvalue weighted by atomic mass is 16.5. The zero-order chi connectivity index (χ0) is 11.5. The van der Waals surface area contributed by atoms with Gasteiger partial charge in [0.25, 0.3) is 0 Å². The van der Waals surface area contributed by atoms with Crippen molar-refractivity contribution in [1.82, 2.24) is 5.32 Å². The molecule has 3 nitrogen and oxygen atoms in total. The summed E-state index contributed by atoms with van der Waals surface area (Å²) in [6, 6.07) is 0. The molecule has 84 valence electrons. The average molecular weight is 209 g/mol.